The molecule has 206 valence electrons. The third-order valence-corrected chi connectivity index (χ3v) is 7.61. The lowest BCUT2D eigenvalue weighted by atomic mass is 9.78. The lowest BCUT2D eigenvalue weighted by Crippen LogP contribution is -2.60. The molecule has 0 amide bonds. The van der Waals surface area contributed by atoms with Crippen molar-refractivity contribution in [1.29, 1.82) is 5.26 Å². The summed E-state index contributed by atoms with van der Waals surface area (Å²) in [6, 6.07) is 4.20. The maximum atomic E-state index is 13.6. The van der Waals surface area contributed by atoms with Crippen molar-refractivity contribution < 1.29 is 58.0 Å². The van der Waals surface area contributed by atoms with E-state index in [4.69, 9.17) is 19.5 Å². The van der Waals surface area contributed by atoms with Crippen molar-refractivity contribution in [2.75, 3.05) is 6.61 Å². The van der Waals surface area contributed by atoms with Gasteiger partial charge >= 0.3 is 6.18 Å². The minimum absolute atomic E-state index is 0.0382. The van der Waals surface area contributed by atoms with Crippen molar-refractivity contribution in [2.24, 2.45) is 0 Å². The highest BCUT2D eigenvalue weighted by atomic mass is 19.4. The van der Waals surface area contributed by atoms with Gasteiger partial charge in [0.25, 0.3) is 0 Å². The van der Waals surface area contributed by atoms with Crippen LogP contribution in [0.4, 0.5) is 13.2 Å². The van der Waals surface area contributed by atoms with E-state index in [1.54, 1.807) is 6.92 Å². The van der Waals surface area contributed by atoms with Gasteiger partial charge < -0.3 is 44.8 Å². The first kappa shape index (κ1) is 26.7. The summed E-state index contributed by atoms with van der Waals surface area (Å²) in [5.41, 5.74) is -4.73. The Bertz CT molecular complexity index is 1320. The van der Waals surface area contributed by atoms with Gasteiger partial charge in [-0.05, 0) is 32.0 Å². The highest BCUT2D eigenvalue weighted by Crippen LogP contribution is 2.65. The third-order valence-electron chi connectivity index (χ3n) is 7.61. The topological polar surface area (TPSA) is 178 Å². The number of aliphatic hydroxyl groups excluding tert-OH is 4. The molecule has 2 aromatic rings. The van der Waals surface area contributed by atoms with Crippen molar-refractivity contribution in [3.05, 3.63) is 40.5 Å². The van der Waals surface area contributed by atoms with Gasteiger partial charge in [0.1, 0.15) is 30.0 Å². The van der Waals surface area contributed by atoms with Crippen LogP contribution in [-0.4, -0.2) is 78.6 Å². The average Bonchev–Trinajstić information content (AvgIpc) is 3.38. The molecule has 2 fully saturated rings. The Labute approximate surface area is 213 Å². The lowest BCUT2D eigenvalue weighted by molar-refractivity contribution is -0.318. The smallest absolute Gasteiger partial charge is 0.417 e. The first-order valence-electron chi connectivity index (χ1n) is 11.6. The number of nitriles is 1. The molecular weight excluding hydrogens is 517 g/mol. The molecule has 0 radical (unpaired) electrons. The fourth-order valence-electron chi connectivity index (χ4n) is 5.78. The number of rotatable bonds is 4. The second-order valence-electron chi connectivity index (χ2n) is 10.0. The minimum Gasteiger partial charge on any atom is -0.494 e. The number of aromatic hydroxyl groups is 2. The van der Waals surface area contributed by atoms with E-state index < -0.39 is 83.7 Å². The van der Waals surface area contributed by atoms with Gasteiger partial charge in [0, 0.05) is 6.42 Å². The summed E-state index contributed by atoms with van der Waals surface area (Å²) in [6.45, 7) is 2.42. The van der Waals surface area contributed by atoms with Gasteiger partial charge in [0.15, 0.2) is 6.29 Å². The van der Waals surface area contributed by atoms with E-state index in [9.17, 15) is 43.8 Å². The molecule has 2 bridgehead atoms. The molecule has 8 atom stereocenters. The normalized spacial score (nSPS) is 36.3. The molecule has 3 aliphatic heterocycles. The number of hydrogen-bond donors (Lipinski definition) is 6. The largest absolute Gasteiger partial charge is 0.494 e. The molecule has 2 saturated heterocycles. The standard InChI is InChI=1S/C24H25F3N2O9/c1-22-6-13(37-21-18(33)17(32)16(31)12(8-30)36-21)23(2,38-22)15-14(22)19(34)29(20(15)35)10-4-3-9(7-28)11(5-10)24(25,26)27/h3-5,12-13,16-18,21,30-35H,6,8H2,1-2H3/t12-,13-,16-,17+,18-,21?,22?,23?/m1/s1. The summed E-state index contributed by atoms with van der Waals surface area (Å²) < 4.78 is 59.0. The number of benzene rings is 1. The Balaban J connectivity index is 1.55. The summed E-state index contributed by atoms with van der Waals surface area (Å²) in [4.78, 5) is 0. The first-order chi connectivity index (χ1) is 17.7. The Morgan fingerprint density at radius 3 is 2.37 bits per heavy atom. The number of halogens is 3. The van der Waals surface area contributed by atoms with Crippen molar-refractivity contribution in [3.63, 3.8) is 0 Å². The molecule has 0 aliphatic carbocycles. The SMILES string of the molecule is CC12C[C@@H](OC3O[C@H](CO)[C@@H](O)[C@H](O)[C@H]3O)C(C)(O1)c1c2c(O)n(-c2ccc(C#N)c(C(F)(F)F)c2)c1O. The van der Waals surface area contributed by atoms with Gasteiger partial charge in [0.05, 0.1) is 52.3 Å². The molecule has 6 N–H and O–H groups in total. The van der Waals surface area contributed by atoms with Crippen LogP contribution in [0.2, 0.25) is 0 Å². The number of hydrogen-bond acceptors (Lipinski definition) is 10. The second-order valence-corrected chi connectivity index (χ2v) is 10.0. The van der Waals surface area contributed by atoms with Crippen molar-refractivity contribution in [2.45, 2.75) is 74.5 Å². The summed E-state index contributed by atoms with van der Waals surface area (Å²) >= 11 is 0. The zero-order chi connectivity index (χ0) is 27.9. The quantitative estimate of drug-likeness (QED) is 0.324. The molecule has 0 saturated carbocycles. The van der Waals surface area contributed by atoms with Crippen LogP contribution in [-0.2, 0) is 31.6 Å². The number of alkyl halides is 3. The monoisotopic (exact) mass is 542 g/mol. The van der Waals surface area contributed by atoms with E-state index in [0.29, 0.717) is 6.07 Å². The molecule has 38 heavy (non-hydrogen) atoms. The number of fused-ring (bicyclic) bond motifs is 5. The van der Waals surface area contributed by atoms with Crippen LogP contribution < -0.4 is 0 Å². The summed E-state index contributed by atoms with van der Waals surface area (Å²) in [5.74, 6) is -1.18. The lowest BCUT2D eigenvalue weighted by Gasteiger charge is -2.42. The van der Waals surface area contributed by atoms with Crippen LogP contribution in [0.5, 0.6) is 11.8 Å². The van der Waals surface area contributed by atoms with Gasteiger partial charge in [-0.2, -0.15) is 18.4 Å². The van der Waals surface area contributed by atoms with Gasteiger partial charge in [0.2, 0.25) is 11.8 Å². The molecule has 4 heterocycles. The molecule has 3 unspecified atom stereocenters. The van der Waals surface area contributed by atoms with E-state index in [1.807, 2.05) is 0 Å². The number of ether oxygens (including phenoxy) is 3. The Morgan fingerprint density at radius 2 is 1.76 bits per heavy atom. The Morgan fingerprint density at radius 1 is 1.11 bits per heavy atom. The fourth-order valence-corrected chi connectivity index (χ4v) is 5.78. The summed E-state index contributed by atoms with van der Waals surface area (Å²) in [7, 11) is 0. The number of aromatic nitrogens is 1. The maximum Gasteiger partial charge on any atom is 0.417 e. The minimum atomic E-state index is -4.87. The van der Waals surface area contributed by atoms with Crippen molar-refractivity contribution >= 4 is 0 Å². The van der Waals surface area contributed by atoms with Crippen LogP contribution in [0.3, 0.4) is 0 Å². The predicted octanol–water partition coefficient (Wildman–Crippen LogP) is 0.828. The van der Waals surface area contributed by atoms with Crippen LogP contribution in [0.15, 0.2) is 18.2 Å². The molecule has 11 nitrogen and oxygen atoms in total. The molecular formula is C24H25F3N2O9. The molecule has 3 aliphatic rings. The number of aliphatic hydroxyl groups is 4. The van der Waals surface area contributed by atoms with Gasteiger partial charge in [-0.1, -0.05) is 0 Å². The second kappa shape index (κ2) is 8.55. The fraction of sp³-hybridized carbons (Fsp3) is 0.542. The van der Waals surface area contributed by atoms with Crippen LogP contribution >= 0.6 is 0 Å². The van der Waals surface area contributed by atoms with Crippen molar-refractivity contribution in [1.82, 2.24) is 4.57 Å². The van der Waals surface area contributed by atoms with E-state index in [1.165, 1.54) is 13.0 Å². The van der Waals surface area contributed by atoms with E-state index in [2.05, 4.69) is 0 Å². The van der Waals surface area contributed by atoms with Crippen LogP contribution in [0.25, 0.3) is 5.69 Å². The maximum absolute atomic E-state index is 13.6. The van der Waals surface area contributed by atoms with E-state index >= 15 is 0 Å². The number of nitrogens with zero attached hydrogens (tertiary/aromatic N) is 2. The van der Waals surface area contributed by atoms with Crippen LogP contribution in [0, 0.1) is 11.3 Å². The molecule has 14 heteroatoms. The van der Waals surface area contributed by atoms with Crippen molar-refractivity contribution in [3.8, 4) is 23.5 Å². The Hall–Kier alpha value is -2.90. The van der Waals surface area contributed by atoms with Gasteiger partial charge in [-0.25, -0.2) is 0 Å². The summed E-state index contributed by atoms with van der Waals surface area (Å²) in [6.07, 6.45) is -13.5. The zero-order valence-electron chi connectivity index (χ0n) is 20.0. The van der Waals surface area contributed by atoms with Crippen LogP contribution in [0.1, 0.15) is 42.5 Å². The molecule has 0 spiro atoms. The molecule has 1 aromatic heterocycles. The highest BCUT2D eigenvalue weighted by Gasteiger charge is 2.66. The van der Waals surface area contributed by atoms with Gasteiger partial charge in [-0.15, -0.1) is 0 Å². The third kappa shape index (κ3) is 3.62. The molecule has 5 rings (SSSR count). The summed E-state index contributed by atoms with van der Waals surface area (Å²) in [5, 5.41) is 71.3. The van der Waals surface area contributed by atoms with E-state index in [-0.39, 0.29) is 23.2 Å². The van der Waals surface area contributed by atoms with E-state index in [0.717, 1.165) is 16.7 Å². The Kier molecular flexibility index (Phi) is 6.01. The predicted molar refractivity (Wildman–Crippen MR) is 118 cm³/mol. The first-order valence-corrected chi connectivity index (χ1v) is 11.6. The van der Waals surface area contributed by atoms with Gasteiger partial charge in [-0.3, -0.25) is 4.57 Å². The highest BCUT2D eigenvalue weighted by molar-refractivity contribution is 5.62. The zero-order valence-corrected chi connectivity index (χ0v) is 20.0. The average molecular weight is 542 g/mol. The molecule has 1 aromatic carbocycles.